The van der Waals surface area contributed by atoms with Crippen LogP contribution in [0, 0.1) is 5.92 Å². The molecule has 0 aliphatic carbocycles. The molecule has 0 radical (unpaired) electrons. The molecule has 0 aliphatic heterocycles. The number of carbonyl (C=O) groups is 2. The molecular formula is C11H16N2O4. The maximum atomic E-state index is 10.9. The van der Waals surface area contributed by atoms with Gasteiger partial charge in [0.15, 0.2) is 0 Å². The lowest BCUT2D eigenvalue weighted by Crippen LogP contribution is -2.31. The zero-order chi connectivity index (χ0) is 12.8. The molecule has 0 aromatic carbocycles. The van der Waals surface area contributed by atoms with E-state index >= 15 is 0 Å². The van der Waals surface area contributed by atoms with Crippen molar-refractivity contribution in [3.05, 3.63) is 24.0 Å². The molecular weight excluding hydrogens is 224 g/mol. The molecule has 1 unspecified atom stereocenters. The predicted octanol–water partition coefficient (Wildman–Crippen LogP) is 0.622. The molecule has 0 fully saturated rings. The van der Waals surface area contributed by atoms with E-state index in [-0.39, 0.29) is 13.0 Å². The molecule has 0 saturated heterocycles. The van der Waals surface area contributed by atoms with Crippen LogP contribution in [0.2, 0.25) is 0 Å². The molecule has 0 spiro atoms. The van der Waals surface area contributed by atoms with Gasteiger partial charge in [0, 0.05) is 25.5 Å². The summed E-state index contributed by atoms with van der Waals surface area (Å²) in [4.78, 5) is 26.1. The third-order valence-electron chi connectivity index (χ3n) is 2.42. The van der Waals surface area contributed by atoms with Gasteiger partial charge >= 0.3 is 11.9 Å². The highest BCUT2D eigenvalue weighted by atomic mass is 16.4. The molecule has 6 heteroatoms. The normalized spacial score (nSPS) is 12.6. The zero-order valence-corrected chi connectivity index (χ0v) is 9.59. The van der Waals surface area contributed by atoms with Crippen LogP contribution in [0.25, 0.3) is 0 Å². The Hall–Kier alpha value is -1.82. The van der Waals surface area contributed by atoms with E-state index in [1.807, 2.05) is 12.3 Å². The number of carboxylic acid groups (broad SMARTS) is 2. The largest absolute Gasteiger partial charge is 0.481 e. The number of hydrogen-bond acceptors (Lipinski definition) is 3. The SMILES string of the molecule is CN(Cc1cc[nH]c1)CC(CC(=O)O)C(=O)O. The first-order valence-corrected chi connectivity index (χ1v) is 5.24. The van der Waals surface area contributed by atoms with Crippen LogP contribution in [0.4, 0.5) is 0 Å². The minimum atomic E-state index is -1.09. The Kier molecular flexibility index (Phi) is 4.71. The van der Waals surface area contributed by atoms with E-state index in [4.69, 9.17) is 10.2 Å². The Labute approximate surface area is 98.9 Å². The Morgan fingerprint density at radius 2 is 2.18 bits per heavy atom. The lowest BCUT2D eigenvalue weighted by molar-refractivity contribution is -0.148. The fourth-order valence-corrected chi connectivity index (χ4v) is 1.65. The Bertz CT molecular complexity index is 375. The van der Waals surface area contributed by atoms with Crippen LogP contribution in [0.5, 0.6) is 0 Å². The molecule has 17 heavy (non-hydrogen) atoms. The van der Waals surface area contributed by atoms with E-state index in [9.17, 15) is 9.59 Å². The van der Waals surface area contributed by atoms with Gasteiger partial charge in [-0.05, 0) is 18.7 Å². The number of aliphatic carboxylic acids is 2. The highest BCUT2D eigenvalue weighted by Crippen LogP contribution is 2.09. The highest BCUT2D eigenvalue weighted by molar-refractivity contribution is 5.77. The molecule has 1 atom stereocenters. The minimum absolute atomic E-state index is 0.215. The summed E-state index contributed by atoms with van der Waals surface area (Å²) < 4.78 is 0. The van der Waals surface area contributed by atoms with Gasteiger partial charge in [0.05, 0.1) is 12.3 Å². The predicted molar refractivity (Wildman–Crippen MR) is 60.5 cm³/mol. The van der Waals surface area contributed by atoms with E-state index in [1.165, 1.54) is 0 Å². The van der Waals surface area contributed by atoms with Gasteiger partial charge in [-0.3, -0.25) is 9.59 Å². The summed E-state index contributed by atoms with van der Waals surface area (Å²) in [6.45, 7) is 0.805. The summed E-state index contributed by atoms with van der Waals surface area (Å²) in [5, 5.41) is 17.5. The van der Waals surface area contributed by atoms with E-state index in [1.54, 1.807) is 18.1 Å². The third kappa shape index (κ3) is 4.69. The van der Waals surface area contributed by atoms with Gasteiger partial charge in [0.2, 0.25) is 0 Å². The number of carboxylic acids is 2. The third-order valence-corrected chi connectivity index (χ3v) is 2.42. The second-order valence-corrected chi connectivity index (χ2v) is 4.05. The van der Waals surface area contributed by atoms with Crippen molar-refractivity contribution in [3.8, 4) is 0 Å². The average molecular weight is 240 g/mol. The molecule has 0 aliphatic rings. The van der Waals surface area contributed by atoms with E-state index in [0.29, 0.717) is 6.54 Å². The lowest BCUT2D eigenvalue weighted by Gasteiger charge is -2.19. The van der Waals surface area contributed by atoms with Crippen LogP contribution in [0.3, 0.4) is 0 Å². The van der Waals surface area contributed by atoms with Crippen molar-refractivity contribution >= 4 is 11.9 Å². The smallest absolute Gasteiger partial charge is 0.308 e. The highest BCUT2D eigenvalue weighted by Gasteiger charge is 2.22. The van der Waals surface area contributed by atoms with Crippen LogP contribution < -0.4 is 0 Å². The van der Waals surface area contributed by atoms with Gasteiger partial charge < -0.3 is 20.1 Å². The van der Waals surface area contributed by atoms with Crippen molar-refractivity contribution in [1.29, 1.82) is 0 Å². The van der Waals surface area contributed by atoms with Gasteiger partial charge in [-0.2, -0.15) is 0 Å². The minimum Gasteiger partial charge on any atom is -0.481 e. The Morgan fingerprint density at radius 1 is 1.47 bits per heavy atom. The van der Waals surface area contributed by atoms with Gasteiger partial charge in [-0.15, -0.1) is 0 Å². The summed E-state index contributed by atoms with van der Waals surface area (Å²) in [7, 11) is 1.77. The Balaban J connectivity index is 2.49. The van der Waals surface area contributed by atoms with Gasteiger partial charge in [-0.1, -0.05) is 0 Å². The molecule has 1 aromatic heterocycles. The summed E-state index contributed by atoms with van der Waals surface area (Å²) in [5.74, 6) is -3.04. The van der Waals surface area contributed by atoms with Crippen molar-refractivity contribution in [3.63, 3.8) is 0 Å². The standard InChI is InChI=1S/C11H16N2O4/c1-13(6-8-2-3-12-5-8)7-9(11(16)17)4-10(14)15/h2-3,5,9,12H,4,6-7H2,1H3,(H,14,15)(H,16,17). The van der Waals surface area contributed by atoms with Crippen LogP contribution in [0.1, 0.15) is 12.0 Å². The van der Waals surface area contributed by atoms with E-state index in [0.717, 1.165) is 5.56 Å². The molecule has 3 N–H and O–H groups in total. The molecule has 1 aromatic rings. The first-order chi connectivity index (χ1) is 7.99. The molecule has 0 bridgehead atoms. The number of aromatic nitrogens is 1. The van der Waals surface area contributed by atoms with Crippen molar-refractivity contribution in [2.45, 2.75) is 13.0 Å². The molecule has 6 nitrogen and oxygen atoms in total. The number of hydrogen-bond donors (Lipinski definition) is 3. The van der Waals surface area contributed by atoms with Crippen molar-refractivity contribution in [1.82, 2.24) is 9.88 Å². The lowest BCUT2D eigenvalue weighted by atomic mass is 10.1. The van der Waals surface area contributed by atoms with E-state index in [2.05, 4.69) is 4.98 Å². The quantitative estimate of drug-likeness (QED) is 0.649. The fourth-order valence-electron chi connectivity index (χ4n) is 1.65. The van der Waals surface area contributed by atoms with Crippen molar-refractivity contribution in [2.24, 2.45) is 5.92 Å². The zero-order valence-electron chi connectivity index (χ0n) is 9.59. The van der Waals surface area contributed by atoms with Crippen LogP contribution in [-0.4, -0.2) is 45.6 Å². The maximum absolute atomic E-state index is 10.9. The van der Waals surface area contributed by atoms with Gasteiger partial charge in [0.25, 0.3) is 0 Å². The topological polar surface area (TPSA) is 93.6 Å². The van der Waals surface area contributed by atoms with Gasteiger partial charge in [-0.25, -0.2) is 0 Å². The van der Waals surface area contributed by atoms with E-state index < -0.39 is 17.9 Å². The fraction of sp³-hybridized carbons (Fsp3) is 0.455. The Morgan fingerprint density at radius 3 is 2.65 bits per heavy atom. The molecule has 1 rings (SSSR count). The number of aromatic amines is 1. The summed E-state index contributed by atoms with van der Waals surface area (Å²) in [6.07, 6.45) is 3.26. The van der Waals surface area contributed by atoms with Crippen molar-refractivity contribution < 1.29 is 19.8 Å². The summed E-state index contributed by atoms with van der Waals surface area (Å²) in [6, 6.07) is 1.89. The van der Waals surface area contributed by atoms with Gasteiger partial charge in [0.1, 0.15) is 0 Å². The van der Waals surface area contributed by atoms with Crippen LogP contribution >= 0.6 is 0 Å². The second-order valence-electron chi connectivity index (χ2n) is 4.05. The number of nitrogens with one attached hydrogen (secondary N) is 1. The maximum Gasteiger partial charge on any atom is 0.308 e. The molecule has 1 heterocycles. The molecule has 0 saturated carbocycles. The number of H-pyrrole nitrogens is 1. The number of nitrogens with zero attached hydrogens (tertiary/aromatic N) is 1. The monoisotopic (exact) mass is 240 g/mol. The molecule has 0 amide bonds. The summed E-state index contributed by atoms with van der Waals surface area (Å²) >= 11 is 0. The number of rotatable bonds is 7. The first kappa shape index (κ1) is 13.2. The van der Waals surface area contributed by atoms with Crippen LogP contribution in [-0.2, 0) is 16.1 Å². The summed E-state index contributed by atoms with van der Waals surface area (Å²) in [5.41, 5.74) is 1.03. The average Bonchev–Trinajstić information content (AvgIpc) is 2.68. The van der Waals surface area contributed by atoms with Crippen molar-refractivity contribution in [2.75, 3.05) is 13.6 Å². The first-order valence-electron chi connectivity index (χ1n) is 5.24. The van der Waals surface area contributed by atoms with Crippen LogP contribution in [0.15, 0.2) is 18.5 Å². The second kappa shape index (κ2) is 6.05. The molecule has 94 valence electrons.